The first-order chi connectivity index (χ1) is 14.4. The maximum Gasteiger partial charge on any atom is 0.410 e. The van der Waals surface area contributed by atoms with Gasteiger partial charge in [0.15, 0.2) is 0 Å². The van der Waals surface area contributed by atoms with E-state index in [2.05, 4.69) is 12.2 Å². The minimum Gasteiger partial charge on any atom is -0.444 e. The third-order valence-corrected chi connectivity index (χ3v) is 7.55. The molecule has 3 aliphatic rings. The maximum absolute atomic E-state index is 13.2. The molecule has 1 heterocycles. The van der Waals surface area contributed by atoms with Crippen LogP contribution in [0.2, 0.25) is 0 Å². The maximum atomic E-state index is 13.2. The van der Waals surface area contributed by atoms with Gasteiger partial charge in [-0.2, -0.15) is 0 Å². The predicted molar refractivity (Wildman–Crippen MR) is 119 cm³/mol. The first-order valence-corrected chi connectivity index (χ1v) is 12.1. The Bertz CT molecular complexity index is 655. The molecule has 0 aromatic heterocycles. The quantitative estimate of drug-likeness (QED) is 0.624. The molecular weight excluding hydrogens is 396 g/mol. The van der Waals surface area contributed by atoms with Gasteiger partial charge >= 0.3 is 6.09 Å². The molecule has 2 amide bonds. The SMILES string of the molecule is CC(C)(C)OC(=O)N1[C@@H](CNC(=O)CC2(O)CCCCC2)C[C@@]2(C)[C@@H](O)CCCC[C@@H]12. The van der Waals surface area contributed by atoms with E-state index in [1.165, 1.54) is 0 Å². The fourth-order valence-corrected chi connectivity index (χ4v) is 5.89. The van der Waals surface area contributed by atoms with Crippen molar-refractivity contribution in [1.29, 1.82) is 0 Å². The van der Waals surface area contributed by atoms with Gasteiger partial charge in [0.05, 0.1) is 24.2 Å². The molecule has 0 bridgehead atoms. The number of carbonyl (C=O) groups excluding carboxylic acids is 2. The van der Waals surface area contributed by atoms with Crippen molar-refractivity contribution in [2.45, 2.75) is 128 Å². The summed E-state index contributed by atoms with van der Waals surface area (Å²) in [5.74, 6) is -0.175. The summed E-state index contributed by atoms with van der Waals surface area (Å²) in [6, 6.07) is -0.341. The lowest BCUT2D eigenvalue weighted by Crippen LogP contribution is -2.51. The monoisotopic (exact) mass is 438 g/mol. The minimum absolute atomic E-state index is 0.107. The van der Waals surface area contributed by atoms with E-state index < -0.39 is 22.7 Å². The number of nitrogens with zero attached hydrogens (tertiary/aromatic N) is 1. The molecule has 2 saturated carbocycles. The van der Waals surface area contributed by atoms with E-state index in [0.717, 1.165) is 44.9 Å². The summed E-state index contributed by atoms with van der Waals surface area (Å²) in [6.07, 6.45) is 7.72. The van der Waals surface area contributed by atoms with Gasteiger partial charge in [0.1, 0.15) is 5.60 Å². The minimum atomic E-state index is -0.906. The van der Waals surface area contributed by atoms with Crippen LogP contribution in [0.15, 0.2) is 0 Å². The molecule has 0 radical (unpaired) electrons. The van der Waals surface area contributed by atoms with Crippen molar-refractivity contribution in [1.82, 2.24) is 10.2 Å². The Balaban J connectivity index is 1.71. The van der Waals surface area contributed by atoms with Crippen LogP contribution < -0.4 is 5.32 Å². The molecule has 4 atom stereocenters. The topological polar surface area (TPSA) is 99.1 Å². The zero-order chi connectivity index (χ0) is 22.9. The molecule has 3 rings (SSSR count). The number of likely N-dealkylation sites (tertiary alicyclic amines) is 1. The summed E-state index contributed by atoms with van der Waals surface area (Å²) < 4.78 is 5.72. The van der Waals surface area contributed by atoms with Crippen LogP contribution in [-0.2, 0) is 9.53 Å². The van der Waals surface area contributed by atoms with E-state index in [1.54, 1.807) is 4.90 Å². The lowest BCUT2D eigenvalue weighted by molar-refractivity contribution is -0.127. The molecule has 31 heavy (non-hydrogen) atoms. The molecule has 3 fully saturated rings. The Kier molecular flexibility index (Phi) is 7.26. The van der Waals surface area contributed by atoms with Gasteiger partial charge in [0.2, 0.25) is 5.91 Å². The van der Waals surface area contributed by atoms with Gasteiger partial charge in [0.25, 0.3) is 0 Å². The molecule has 0 unspecified atom stereocenters. The van der Waals surface area contributed by atoms with Gasteiger partial charge in [-0.1, -0.05) is 39.0 Å². The summed E-state index contributed by atoms with van der Waals surface area (Å²) in [6.45, 7) is 7.93. The summed E-state index contributed by atoms with van der Waals surface area (Å²) in [7, 11) is 0. The first-order valence-electron chi connectivity index (χ1n) is 12.1. The lowest BCUT2D eigenvalue weighted by atomic mass is 9.75. The molecule has 2 aliphatic carbocycles. The van der Waals surface area contributed by atoms with E-state index in [4.69, 9.17) is 4.74 Å². The van der Waals surface area contributed by atoms with Gasteiger partial charge in [-0.25, -0.2) is 4.79 Å². The molecule has 0 aromatic carbocycles. The fraction of sp³-hybridized carbons (Fsp3) is 0.917. The number of ether oxygens (including phenoxy) is 1. The van der Waals surface area contributed by atoms with E-state index >= 15 is 0 Å². The summed E-state index contributed by atoms with van der Waals surface area (Å²) in [5, 5.41) is 24.6. The molecule has 7 heteroatoms. The van der Waals surface area contributed by atoms with Crippen molar-refractivity contribution in [3.63, 3.8) is 0 Å². The van der Waals surface area contributed by atoms with Crippen molar-refractivity contribution in [2.24, 2.45) is 5.41 Å². The fourth-order valence-electron chi connectivity index (χ4n) is 5.89. The van der Waals surface area contributed by atoms with Crippen LogP contribution in [0.5, 0.6) is 0 Å². The molecule has 7 nitrogen and oxygen atoms in total. The summed E-state index contributed by atoms with van der Waals surface area (Å²) >= 11 is 0. The Labute approximate surface area is 186 Å². The van der Waals surface area contributed by atoms with Crippen LogP contribution in [0.1, 0.15) is 98.3 Å². The third kappa shape index (κ3) is 5.72. The normalized spacial score (nSPS) is 33.4. The molecule has 1 aliphatic heterocycles. The van der Waals surface area contributed by atoms with E-state index in [9.17, 15) is 19.8 Å². The number of nitrogens with one attached hydrogen (secondary N) is 1. The van der Waals surface area contributed by atoms with Crippen LogP contribution in [0, 0.1) is 5.41 Å². The average molecular weight is 439 g/mol. The van der Waals surface area contributed by atoms with Crippen molar-refractivity contribution < 1.29 is 24.5 Å². The molecule has 0 spiro atoms. The van der Waals surface area contributed by atoms with Gasteiger partial charge < -0.3 is 20.3 Å². The number of amides is 2. The second kappa shape index (κ2) is 9.26. The van der Waals surface area contributed by atoms with Crippen LogP contribution in [-0.4, -0.2) is 63.0 Å². The van der Waals surface area contributed by atoms with Crippen LogP contribution >= 0.6 is 0 Å². The highest BCUT2D eigenvalue weighted by Crippen LogP contribution is 2.48. The Hall–Kier alpha value is -1.34. The van der Waals surface area contributed by atoms with Crippen molar-refractivity contribution >= 4 is 12.0 Å². The van der Waals surface area contributed by atoms with Crippen LogP contribution in [0.3, 0.4) is 0 Å². The van der Waals surface area contributed by atoms with E-state index in [1.807, 2.05) is 20.8 Å². The number of hydrogen-bond acceptors (Lipinski definition) is 5. The van der Waals surface area contributed by atoms with Crippen molar-refractivity contribution in [3.05, 3.63) is 0 Å². The Morgan fingerprint density at radius 2 is 1.74 bits per heavy atom. The third-order valence-electron chi connectivity index (χ3n) is 7.55. The number of aliphatic hydroxyl groups excluding tert-OH is 1. The Morgan fingerprint density at radius 1 is 1.10 bits per heavy atom. The lowest BCUT2D eigenvalue weighted by Gasteiger charge is -2.38. The largest absolute Gasteiger partial charge is 0.444 e. The molecule has 1 saturated heterocycles. The predicted octanol–water partition coefficient (Wildman–Crippen LogP) is 3.51. The number of aliphatic hydroxyl groups is 2. The van der Waals surface area contributed by atoms with Crippen molar-refractivity contribution in [3.8, 4) is 0 Å². The first kappa shape index (κ1) is 24.3. The highest BCUT2D eigenvalue weighted by molar-refractivity contribution is 5.77. The van der Waals surface area contributed by atoms with Crippen LogP contribution in [0.4, 0.5) is 4.79 Å². The summed E-state index contributed by atoms with van der Waals surface area (Å²) in [5.41, 5.74) is -1.93. The highest BCUT2D eigenvalue weighted by Gasteiger charge is 2.55. The molecule has 3 N–H and O–H groups in total. The second-order valence-electron chi connectivity index (χ2n) is 11.3. The van der Waals surface area contributed by atoms with Gasteiger partial charge in [-0.05, 0) is 52.9 Å². The number of hydrogen-bond donors (Lipinski definition) is 3. The molecule has 178 valence electrons. The van der Waals surface area contributed by atoms with Crippen LogP contribution in [0.25, 0.3) is 0 Å². The number of carbonyl (C=O) groups is 2. The number of rotatable bonds is 4. The van der Waals surface area contributed by atoms with Gasteiger partial charge in [-0.3, -0.25) is 9.69 Å². The Morgan fingerprint density at radius 3 is 2.39 bits per heavy atom. The smallest absolute Gasteiger partial charge is 0.410 e. The highest BCUT2D eigenvalue weighted by atomic mass is 16.6. The van der Waals surface area contributed by atoms with Crippen molar-refractivity contribution in [2.75, 3.05) is 6.54 Å². The summed E-state index contributed by atoms with van der Waals surface area (Å²) in [4.78, 5) is 27.6. The van der Waals surface area contributed by atoms with Gasteiger partial charge in [-0.15, -0.1) is 0 Å². The average Bonchev–Trinajstić information content (AvgIpc) is 2.87. The van der Waals surface area contributed by atoms with E-state index in [0.29, 0.717) is 25.8 Å². The number of fused-ring (bicyclic) bond motifs is 1. The van der Waals surface area contributed by atoms with E-state index in [-0.39, 0.29) is 30.5 Å². The zero-order valence-electron chi connectivity index (χ0n) is 19.8. The van der Waals surface area contributed by atoms with Gasteiger partial charge in [0, 0.05) is 18.0 Å². The molecular formula is C24H42N2O5. The second-order valence-corrected chi connectivity index (χ2v) is 11.3. The zero-order valence-corrected chi connectivity index (χ0v) is 19.8. The standard InChI is InChI=1S/C24H42N2O5/c1-22(2,3)31-21(29)26-17(14-23(4)18(26)10-6-7-11-19(23)27)16-25-20(28)15-24(30)12-8-5-9-13-24/h17-19,27,30H,5-16H2,1-4H3,(H,25,28)/t17-,18-,19+,23-/m1/s1. The molecule has 0 aromatic rings.